The summed E-state index contributed by atoms with van der Waals surface area (Å²) in [6, 6.07) is 12.8. The van der Waals surface area contributed by atoms with E-state index in [1.807, 2.05) is 19.2 Å². The van der Waals surface area contributed by atoms with Crippen molar-refractivity contribution in [3.8, 4) is 22.4 Å². The van der Waals surface area contributed by atoms with Crippen molar-refractivity contribution in [1.82, 2.24) is 20.1 Å². The maximum Gasteiger partial charge on any atom is 0.160 e. The SMILES string of the molecule is Cc1cc(-c2c[nH]c3nnc(-c4cc(C)c(N5CCN(C)CC5)c(C)c4)cc23)ccc1N. The second kappa shape index (κ2) is 7.95. The summed E-state index contributed by atoms with van der Waals surface area (Å²) in [6.45, 7) is 10.8. The molecule has 164 valence electrons. The lowest BCUT2D eigenvalue weighted by Gasteiger charge is -2.36. The Labute approximate surface area is 189 Å². The van der Waals surface area contributed by atoms with Gasteiger partial charge in [0.15, 0.2) is 5.65 Å². The first kappa shape index (κ1) is 20.5. The molecule has 0 spiro atoms. The Morgan fingerprint density at radius 2 is 1.53 bits per heavy atom. The van der Waals surface area contributed by atoms with Gasteiger partial charge in [-0.25, -0.2) is 0 Å². The van der Waals surface area contributed by atoms with Crippen LogP contribution in [0.4, 0.5) is 11.4 Å². The third kappa shape index (κ3) is 3.60. The molecule has 2 aromatic carbocycles. The van der Waals surface area contributed by atoms with Crippen molar-refractivity contribution in [3.05, 3.63) is 59.3 Å². The molecule has 2 aromatic heterocycles. The van der Waals surface area contributed by atoms with Crippen LogP contribution >= 0.6 is 0 Å². The predicted molar refractivity (Wildman–Crippen MR) is 133 cm³/mol. The molecule has 1 aliphatic heterocycles. The number of aromatic nitrogens is 3. The molecule has 1 fully saturated rings. The van der Waals surface area contributed by atoms with Crippen LogP contribution in [-0.4, -0.2) is 53.3 Å². The number of fused-ring (bicyclic) bond motifs is 1. The molecule has 0 amide bonds. The molecule has 3 heterocycles. The molecule has 4 aromatic rings. The maximum absolute atomic E-state index is 6.02. The average molecular weight is 427 g/mol. The topological polar surface area (TPSA) is 74.1 Å². The number of nitrogens with one attached hydrogen (secondary N) is 1. The number of benzene rings is 2. The van der Waals surface area contributed by atoms with Gasteiger partial charge in [-0.3, -0.25) is 0 Å². The summed E-state index contributed by atoms with van der Waals surface area (Å²) in [6.07, 6.45) is 2.00. The average Bonchev–Trinajstić information content (AvgIpc) is 3.20. The molecule has 6 nitrogen and oxygen atoms in total. The summed E-state index contributed by atoms with van der Waals surface area (Å²) in [5.41, 5.74) is 16.9. The number of piperazine rings is 1. The van der Waals surface area contributed by atoms with Gasteiger partial charge in [-0.1, -0.05) is 6.07 Å². The summed E-state index contributed by atoms with van der Waals surface area (Å²) >= 11 is 0. The van der Waals surface area contributed by atoms with Gasteiger partial charge in [-0.2, -0.15) is 0 Å². The number of anilines is 2. The number of nitrogen functional groups attached to an aromatic ring is 1. The number of nitrogens with two attached hydrogens (primary N) is 1. The molecule has 5 rings (SSSR count). The summed E-state index contributed by atoms with van der Waals surface area (Å²) in [7, 11) is 2.19. The smallest absolute Gasteiger partial charge is 0.160 e. The van der Waals surface area contributed by atoms with Crippen LogP contribution in [0.15, 0.2) is 42.6 Å². The van der Waals surface area contributed by atoms with E-state index >= 15 is 0 Å². The first-order valence-electron chi connectivity index (χ1n) is 11.2. The van der Waals surface area contributed by atoms with E-state index in [9.17, 15) is 0 Å². The molecule has 0 saturated carbocycles. The molecule has 0 bridgehead atoms. The summed E-state index contributed by atoms with van der Waals surface area (Å²) in [5.74, 6) is 0. The third-order valence-corrected chi connectivity index (χ3v) is 6.62. The molecule has 0 aliphatic carbocycles. The largest absolute Gasteiger partial charge is 0.399 e. The molecule has 0 atom stereocenters. The van der Waals surface area contributed by atoms with Crippen molar-refractivity contribution in [3.63, 3.8) is 0 Å². The number of aryl methyl sites for hydroxylation is 3. The lowest BCUT2D eigenvalue weighted by atomic mass is 9.99. The fraction of sp³-hybridized carbons (Fsp3) is 0.308. The van der Waals surface area contributed by atoms with Crippen LogP contribution in [0, 0.1) is 20.8 Å². The third-order valence-electron chi connectivity index (χ3n) is 6.62. The van der Waals surface area contributed by atoms with E-state index < -0.39 is 0 Å². The van der Waals surface area contributed by atoms with Crippen molar-refractivity contribution in [2.45, 2.75) is 20.8 Å². The standard InChI is InChI=1S/C26H30N6/c1-16-11-19(5-6-23(16)27)22-15-28-26-21(22)14-24(29-30-26)20-12-17(2)25(18(3)13-20)32-9-7-31(4)8-10-32/h5-6,11-15H,7-10,27H2,1-4H3,(H,28,30). The van der Waals surface area contributed by atoms with E-state index in [-0.39, 0.29) is 0 Å². The Morgan fingerprint density at radius 3 is 2.22 bits per heavy atom. The summed E-state index contributed by atoms with van der Waals surface area (Å²) in [4.78, 5) is 8.16. The molecule has 32 heavy (non-hydrogen) atoms. The first-order chi connectivity index (χ1) is 15.4. The molecule has 1 saturated heterocycles. The fourth-order valence-corrected chi connectivity index (χ4v) is 4.78. The Balaban J connectivity index is 1.54. The Bertz CT molecular complexity index is 1270. The van der Waals surface area contributed by atoms with E-state index in [1.54, 1.807) is 0 Å². The second-order valence-electron chi connectivity index (χ2n) is 9.01. The van der Waals surface area contributed by atoms with Crippen molar-refractivity contribution < 1.29 is 0 Å². The number of nitrogens with zero attached hydrogens (tertiary/aromatic N) is 4. The molecule has 3 N–H and O–H groups in total. The number of hydrogen-bond acceptors (Lipinski definition) is 5. The minimum absolute atomic E-state index is 0.792. The van der Waals surface area contributed by atoms with Gasteiger partial charge < -0.3 is 20.5 Å². The molecule has 6 heteroatoms. The highest BCUT2D eigenvalue weighted by Crippen LogP contribution is 2.34. The number of aromatic amines is 1. The first-order valence-corrected chi connectivity index (χ1v) is 11.2. The van der Waals surface area contributed by atoms with Gasteiger partial charge in [-0.15, -0.1) is 10.2 Å². The highest BCUT2D eigenvalue weighted by atomic mass is 15.2. The van der Waals surface area contributed by atoms with Crippen LogP contribution in [0.5, 0.6) is 0 Å². The van der Waals surface area contributed by atoms with Gasteiger partial charge in [0.05, 0.1) is 5.69 Å². The van der Waals surface area contributed by atoms with Gasteiger partial charge >= 0.3 is 0 Å². The van der Waals surface area contributed by atoms with Crippen LogP contribution < -0.4 is 10.6 Å². The van der Waals surface area contributed by atoms with Crippen molar-refractivity contribution >= 4 is 22.4 Å². The molecular weight excluding hydrogens is 396 g/mol. The fourth-order valence-electron chi connectivity index (χ4n) is 4.78. The number of H-pyrrole nitrogens is 1. The van der Waals surface area contributed by atoms with Crippen LogP contribution in [0.2, 0.25) is 0 Å². The summed E-state index contributed by atoms with van der Waals surface area (Å²) < 4.78 is 0. The number of hydrogen-bond donors (Lipinski definition) is 2. The second-order valence-corrected chi connectivity index (χ2v) is 9.01. The predicted octanol–water partition coefficient (Wildman–Crippen LogP) is 4.55. The number of likely N-dealkylation sites (N-methyl/N-ethyl adjacent to an activating group) is 1. The normalized spacial score (nSPS) is 14.9. The van der Waals surface area contributed by atoms with Crippen molar-refractivity contribution in [2.24, 2.45) is 0 Å². The van der Waals surface area contributed by atoms with E-state index in [2.05, 4.69) is 76.2 Å². The lowest BCUT2D eigenvalue weighted by Crippen LogP contribution is -2.45. The van der Waals surface area contributed by atoms with Gasteiger partial charge in [0.1, 0.15) is 0 Å². The van der Waals surface area contributed by atoms with Gasteiger partial charge in [0.25, 0.3) is 0 Å². The highest BCUT2D eigenvalue weighted by Gasteiger charge is 2.19. The summed E-state index contributed by atoms with van der Waals surface area (Å²) in [5, 5.41) is 10.1. The van der Waals surface area contributed by atoms with E-state index in [0.29, 0.717) is 0 Å². The zero-order chi connectivity index (χ0) is 22.4. The Morgan fingerprint density at radius 1 is 0.844 bits per heavy atom. The van der Waals surface area contributed by atoms with Gasteiger partial charge in [0.2, 0.25) is 0 Å². The molecule has 0 radical (unpaired) electrons. The van der Waals surface area contributed by atoms with Crippen molar-refractivity contribution in [2.75, 3.05) is 43.9 Å². The van der Waals surface area contributed by atoms with E-state index in [1.165, 1.54) is 16.8 Å². The Hall–Kier alpha value is -3.38. The molecular formula is C26H30N6. The Kier molecular flexibility index (Phi) is 5.10. The van der Waals surface area contributed by atoms with Crippen LogP contribution in [0.1, 0.15) is 16.7 Å². The van der Waals surface area contributed by atoms with Crippen LogP contribution in [0.25, 0.3) is 33.4 Å². The molecule has 1 aliphatic rings. The maximum atomic E-state index is 6.02. The van der Waals surface area contributed by atoms with Gasteiger partial charge in [0, 0.05) is 60.3 Å². The van der Waals surface area contributed by atoms with Gasteiger partial charge in [-0.05, 0) is 80.4 Å². The monoisotopic (exact) mass is 426 g/mol. The lowest BCUT2D eigenvalue weighted by molar-refractivity contribution is 0.312. The van der Waals surface area contributed by atoms with E-state index in [4.69, 9.17) is 5.73 Å². The zero-order valence-electron chi connectivity index (χ0n) is 19.2. The van der Waals surface area contributed by atoms with Crippen LogP contribution in [-0.2, 0) is 0 Å². The van der Waals surface area contributed by atoms with E-state index in [0.717, 1.165) is 70.8 Å². The number of rotatable bonds is 3. The molecule has 0 unspecified atom stereocenters. The van der Waals surface area contributed by atoms with Crippen LogP contribution in [0.3, 0.4) is 0 Å². The minimum Gasteiger partial charge on any atom is -0.399 e. The minimum atomic E-state index is 0.792. The zero-order valence-corrected chi connectivity index (χ0v) is 19.2. The van der Waals surface area contributed by atoms with Crippen molar-refractivity contribution in [1.29, 1.82) is 0 Å². The highest BCUT2D eigenvalue weighted by molar-refractivity contribution is 5.95. The quantitative estimate of drug-likeness (QED) is 0.470.